The van der Waals surface area contributed by atoms with E-state index in [0.29, 0.717) is 11.6 Å². The van der Waals surface area contributed by atoms with Crippen LogP contribution in [0.4, 0.5) is 5.69 Å². The molecular weight excluding hydrogens is 264 g/mol. The number of nitrogens with one attached hydrogen (secondary N) is 2. The van der Waals surface area contributed by atoms with Crippen molar-refractivity contribution in [1.82, 2.24) is 0 Å². The first-order valence-electron chi connectivity index (χ1n) is 6.57. The maximum absolute atomic E-state index is 12.0. The number of amides is 1. The highest BCUT2D eigenvalue weighted by Gasteiger charge is 2.27. The summed E-state index contributed by atoms with van der Waals surface area (Å²) in [6.45, 7) is 6.29. The van der Waals surface area contributed by atoms with Gasteiger partial charge in [-0.1, -0.05) is 17.7 Å². The van der Waals surface area contributed by atoms with Crippen molar-refractivity contribution < 1.29 is 14.4 Å². The fraction of sp³-hybridized carbons (Fsp3) is 0.500. The van der Waals surface area contributed by atoms with Crippen LogP contribution < -0.4 is 10.2 Å². The number of rotatable bonds is 3. The third kappa shape index (κ3) is 4.49. The summed E-state index contributed by atoms with van der Waals surface area (Å²) >= 11 is 5.89. The molecule has 0 radical (unpaired) electrons. The second-order valence-electron chi connectivity index (χ2n) is 5.15. The summed E-state index contributed by atoms with van der Waals surface area (Å²) in [4.78, 5) is 13.2. The third-order valence-electron chi connectivity index (χ3n) is 3.14. The van der Waals surface area contributed by atoms with Gasteiger partial charge in [0.2, 0.25) is 0 Å². The fourth-order valence-corrected chi connectivity index (χ4v) is 2.72. The topological polar surface area (TPSA) is 42.8 Å². The van der Waals surface area contributed by atoms with Gasteiger partial charge in [-0.15, -0.1) is 0 Å². The predicted molar refractivity (Wildman–Crippen MR) is 75.7 cm³/mol. The highest BCUT2D eigenvalue weighted by Crippen LogP contribution is 2.14. The van der Waals surface area contributed by atoms with Crippen LogP contribution in [-0.2, 0) is 9.53 Å². The standard InChI is InChI=1S/C14H19ClN2O2/c1-10-7-17(8-11(2)19-10)9-14(18)16-13-5-3-4-12(15)6-13/h3-6,10-11H,7-9H2,1-2H3,(H,16,18)/p+1/t10-,11-/m1/s1. The Kier molecular flexibility index (Phi) is 4.80. The summed E-state index contributed by atoms with van der Waals surface area (Å²) in [5.41, 5.74) is 0.742. The van der Waals surface area contributed by atoms with E-state index in [1.54, 1.807) is 12.1 Å². The molecule has 5 heteroatoms. The highest BCUT2D eigenvalue weighted by atomic mass is 35.5. The lowest BCUT2D eigenvalue weighted by atomic mass is 10.2. The average molecular weight is 284 g/mol. The van der Waals surface area contributed by atoms with Gasteiger partial charge in [-0.2, -0.15) is 0 Å². The van der Waals surface area contributed by atoms with Crippen molar-refractivity contribution in [3.63, 3.8) is 0 Å². The average Bonchev–Trinajstić information content (AvgIpc) is 2.26. The Balaban J connectivity index is 1.87. The molecule has 1 aromatic carbocycles. The van der Waals surface area contributed by atoms with Gasteiger partial charge in [0.05, 0.1) is 0 Å². The molecule has 0 aromatic heterocycles. The summed E-state index contributed by atoms with van der Waals surface area (Å²) in [5, 5.41) is 3.50. The molecule has 19 heavy (non-hydrogen) atoms. The van der Waals surface area contributed by atoms with E-state index in [1.807, 2.05) is 26.0 Å². The van der Waals surface area contributed by atoms with Crippen molar-refractivity contribution in [3.05, 3.63) is 29.3 Å². The smallest absolute Gasteiger partial charge is 0.279 e. The van der Waals surface area contributed by atoms with E-state index in [4.69, 9.17) is 16.3 Å². The van der Waals surface area contributed by atoms with Crippen LogP contribution in [0.25, 0.3) is 0 Å². The minimum Gasteiger partial charge on any atom is -0.364 e. The Morgan fingerprint density at radius 3 is 2.74 bits per heavy atom. The van der Waals surface area contributed by atoms with E-state index in [1.165, 1.54) is 4.90 Å². The zero-order valence-electron chi connectivity index (χ0n) is 11.3. The number of halogens is 1. The SMILES string of the molecule is C[C@@H]1C[NH+](CC(=O)Nc2cccc(Cl)c2)C[C@@H](C)O1. The molecule has 1 amide bonds. The van der Waals surface area contributed by atoms with E-state index in [2.05, 4.69) is 5.32 Å². The zero-order chi connectivity index (χ0) is 13.8. The Morgan fingerprint density at radius 1 is 1.42 bits per heavy atom. The van der Waals surface area contributed by atoms with Crippen molar-refractivity contribution in [2.24, 2.45) is 0 Å². The van der Waals surface area contributed by atoms with E-state index in [9.17, 15) is 4.79 Å². The fourth-order valence-electron chi connectivity index (χ4n) is 2.53. The maximum atomic E-state index is 12.0. The highest BCUT2D eigenvalue weighted by molar-refractivity contribution is 6.30. The van der Waals surface area contributed by atoms with Crippen LogP contribution in [0, 0.1) is 0 Å². The molecule has 0 bridgehead atoms. The molecule has 0 saturated carbocycles. The molecule has 1 aliphatic heterocycles. The Bertz CT molecular complexity index is 443. The quantitative estimate of drug-likeness (QED) is 0.868. The summed E-state index contributed by atoms with van der Waals surface area (Å²) in [7, 11) is 0. The van der Waals surface area contributed by atoms with Crippen molar-refractivity contribution in [2.75, 3.05) is 25.0 Å². The minimum atomic E-state index is 0.0126. The Labute approximate surface area is 118 Å². The lowest BCUT2D eigenvalue weighted by Crippen LogP contribution is -3.16. The molecule has 1 aromatic rings. The summed E-state index contributed by atoms with van der Waals surface area (Å²) in [6, 6.07) is 7.19. The Morgan fingerprint density at radius 2 is 2.11 bits per heavy atom. The van der Waals surface area contributed by atoms with E-state index in [0.717, 1.165) is 18.8 Å². The lowest BCUT2D eigenvalue weighted by Gasteiger charge is -2.31. The van der Waals surface area contributed by atoms with Crippen LogP contribution in [0.5, 0.6) is 0 Å². The van der Waals surface area contributed by atoms with Crippen LogP contribution in [0.3, 0.4) is 0 Å². The van der Waals surface area contributed by atoms with Crippen LogP contribution in [0.1, 0.15) is 13.8 Å². The summed E-state index contributed by atoms with van der Waals surface area (Å²) in [5.74, 6) is 0.0126. The maximum Gasteiger partial charge on any atom is 0.279 e. The first-order valence-corrected chi connectivity index (χ1v) is 6.95. The lowest BCUT2D eigenvalue weighted by molar-refractivity contribution is -0.907. The minimum absolute atomic E-state index is 0.0126. The Hall–Kier alpha value is -1.10. The predicted octanol–water partition coefficient (Wildman–Crippen LogP) is 0.971. The summed E-state index contributed by atoms with van der Waals surface area (Å²) in [6.07, 6.45) is 0.412. The van der Waals surface area contributed by atoms with Gasteiger partial charge in [-0.3, -0.25) is 4.79 Å². The number of anilines is 1. The van der Waals surface area contributed by atoms with E-state index < -0.39 is 0 Å². The number of benzene rings is 1. The monoisotopic (exact) mass is 283 g/mol. The van der Waals surface area contributed by atoms with Crippen molar-refractivity contribution in [3.8, 4) is 0 Å². The van der Waals surface area contributed by atoms with Crippen molar-refractivity contribution in [2.45, 2.75) is 26.1 Å². The van der Waals surface area contributed by atoms with Crippen LogP contribution in [0.2, 0.25) is 5.02 Å². The number of quaternary nitrogens is 1. The molecule has 104 valence electrons. The third-order valence-corrected chi connectivity index (χ3v) is 3.37. The molecule has 1 saturated heterocycles. The molecular formula is C14H20ClN2O2+. The van der Waals surface area contributed by atoms with Gasteiger partial charge in [0.1, 0.15) is 25.3 Å². The van der Waals surface area contributed by atoms with Gasteiger partial charge in [0.15, 0.2) is 6.54 Å². The first kappa shape index (κ1) is 14.3. The zero-order valence-corrected chi connectivity index (χ0v) is 12.0. The van der Waals surface area contributed by atoms with E-state index in [-0.39, 0.29) is 18.1 Å². The molecule has 2 rings (SSSR count). The second kappa shape index (κ2) is 6.37. The van der Waals surface area contributed by atoms with E-state index >= 15 is 0 Å². The van der Waals surface area contributed by atoms with Gasteiger partial charge in [0.25, 0.3) is 5.91 Å². The molecule has 4 nitrogen and oxygen atoms in total. The van der Waals surface area contributed by atoms with Gasteiger partial charge >= 0.3 is 0 Å². The molecule has 0 unspecified atom stereocenters. The van der Waals surface area contributed by atoms with Crippen LogP contribution in [0.15, 0.2) is 24.3 Å². The normalized spacial score (nSPS) is 27.0. The molecule has 2 N–H and O–H groups in total. The number of carbonyl (C=O) groups is 1. The first-order chi connectivity index (χ1) is 9.02. The number of morpholine rings is 1. The van der Waals surface area contributed by atoms with Crippen molar-refractivity contribution in [1.29, 1.82) is 0 Å². The van der Waals surface area contributed by atoms with Crippen LogP contribution in [-0.4, -0.2) is 37.7 Å². The number of hydrogen-bond acceptors (Lipinski definition) is 2. The largest absolute Gasteiger partial charge is 0.364 e. The van der Waals surface area contributed by atoms with Gasteiger partial charge < -0.3 is 15.0 Å². The summed E-state index contributed by atoms with van der Waals surface area (Å²) < 4.78 is 5.66. The molecule has 1 fully saturated rings. The molecule has 0 aliphatic carbocycles. The number of carbonyl (C=O) groups excluding carboxylic acids is 1. The van der Waals surface area contributed by atoms with Crippen LogP contribution >= 0.6 is 11.6 Å². The molecule has 0 spiro atoms. The van der Waals surface area contributed by atoms with Gasteiger partial charge in [-0.25, -0.2) is 0 Å². The van der Waals surface area contributed by atoms with Crippen molar-refractivity contribution >= 4 is 23.2 Å². The molecule has 1 heterocycles. The number of hydrogen-bond donors (Lipinski definition) is 2. The molecule has 2 atom stereocenters. The van der Waals surface area contributed by atoms with Gasteiger partial charge in [0, 0.05) is 10.7 Å². The van der Waals surface area contributed by atoms with Gasteiger partial charge in [-0.05, 0) is 32.0 Å². The number of ether oxygens (including phenoxy) is 1. The second-order valence-corrected chi connectivity index (χ2v) is 5.59. The molecule has 1 aliphatic rings.